The van der Waals surface area contributed by atoms with E-state index in [0.717, 1.165) is 6.26 Å². The van der Waals surface area contributed by atoms with Gasteiger partial charge in [0.1, 0.15) is 4.75 Å². The summed E-state index contributed by atoms with van der Waals surface area (Å²) in [5.74, 6) is -0.437. The Balaban J connectivity index is 2.89. The van der Waals surface area contributed by atoms with Crippen molar-refractivity contribution in [3.05, 3.63) is 0 Å². The van der Waals surface area contributed by atoms with E-state index in [0.29, 0.717) is 13.0 Å². The number of hydrogen-bond acceptors (Lipinski definition) is 4. The summed E-state index contributed by atoms with van der Waals surface area (Å²) in [4.78, 5) is 13.5. The van der Waals surface area contributed by atoms with Crippen LogP contribution in [-0.4, -0.2) is 54.0 Å². The molecule has 0 bridgehead atoms. The number of β-amino-alcohol motifs (C(OH)–C–C–N with tert-alkyl or cyclic N) is 1. The molecule has 1 fully saturated rings. The lowest BCUT2D eigenvalue weighted by atomic mass is 10.1. The Kier molecular flexibility index (Phi) is 3.11. The van der Waals surface area contributed by atoms with Gasteiger partial charge in [0.05, 0.1) is 5.60 Å². The molecule has 1 aliphatic heterocycles. The van der Waals surface area contributed by atoms with E-state index in [1.54, 1.807) is 6.92 Å². The Labute approximate surface area is 96.4 Å². The molecule has 0 aromatic rings. The molecule has 16 heavy (non-hydrogen) atoms. The fraction of sp³-hybridized carbons (Fsp3) is 0.900. The number of carbonyl (C=O) groups excluding carboxylic acids is 1. The topological polar surface area (TPSA) is 74.7 Å². The van der Waals surface area contributed by atoms with Crippen LogP contribution in [-0.2, 0) is 14.6 Å². The first-order chi connectivity index (χ1) is 6.97. The van der Waals surface area contributed by atoms with Crippen LogP contribution in [0.15, 0.2) is 0 Å². The monoisotopic (exact) mass is 249 g/mol. The van der Waals surface area contributed by atoms with Gasteiger partial charge in [0.15, 0.2) is 9.84 Å². The van der Waals surface area contributed by atoms with Gasteiger partial charge >= 0.3 is 0 Å². The second kappa shape index (κ2) is 3.70. The third kappa shape index (κ3) is 2.38. The molecule has 0 spiro atoms. The van der Waals surface area contributed by atoms with Gasteiger partial charge in [-0.1, -0.05) is 0 Å². The molecule has 1 amide bonds. The van der Waals surface area contributed by atoms with Crippen molar-refractivity contribution in [3.8, 4) is 0 Å². The second-order valence-corrected chi connectivity index (χ2v) is 7.82. The minimum absolute atomic E-state index is 0.199. The summed E-state index contributed by atoms with van der Waals surface area (Å²) in [6.07, 6.45) is 1.54. The highest BCUT2D eigenvalue weighted by molar-refractivity contribution is 7.92. The van der Waals surface area contributed by atoms with Crippen molar-refractivity contribution in [1.29, 1.82) is 0 Å². The van der Waals surface area contributed by atoms with Crippen molar-refractivity contribution in [1.82, 2.24) is 4.90 Å². The van der Waals surface area contributed by atoms with Gasteiger partial charge in [-0.25, -0.2) is 8.42 Å². The van der Waals surface area contributed by atoms with E-state index >= 15 is 0 Å². The molecule has 1 heterocycles. The first-order valence-corrected chi connectivity index (χ1v) is 7.08. The van der Waals surface area contributed by atoms with E-state index in [2.05, 4.69) is 0 Å². The number of nitrogens with zero attached hydrogens (tertiary/aromatic N) is 1. The third-order valence-corrected chi connectivity index (χ3v) is 5.21. The summed E-state index contributed by atoms with van der Waals surface area (Å²) >= 11 is 0. The molecule has 5 nitrogen and oxygen atoms in total. The van der Waals surface area contributed by atoms with Crippen LogP contribution in [0.3, 0.4) is 0 Å². The van der Waals surface area contributed by atoms with Crippen LogP contribution in [0.1, 0.15) is 27.2 Å². The van der Waals surface area contributed by atoms with E-state index in [1.807, 2.05) is 0 Å². The van der Waals surface area contributed by atoms with Crippen LogP contribution in [0.4, 0.5) is 0 Å². The summed E-state index contributed by atoms with van der Waals surface area (Å²) in [6, 6.07) is 0. The number of hydrogen-bond donors (Lipinski definition) is 1. The molecule has 0 aliphatic carbocycles. The summed E-state index contributed by atoms with van der Waals surface area (Å²) < 4.78 is 21.6. The molecular formula is C10H19NO4S. The van der Waals surface area contributed by atoms with Crippen LogP contribution in [0, 0.1) is 0 Å². The predicted octanol–water partition coefficient (Wildman–Crippen LogP) is -0.207. The molecule has 0 saturated carbocycles. The van der Waals surface area contributed by atoms with Crippen LogP contribution in [0.5, 0.6) is 0 Å². The largest absolute Gasteiger partial charge is 0.388 e. The van der Waals surface area contributed by atoms with Gasteiger partial charge in [-0.15, -0.1) is 0 Å². The Morgan fingerprint density at radius 2 is 1.94 bits per heavy atom. The second-order valence-electron chi connectivity index (χ2n) is 5.26. The van der Waals surface area contributed by atoms with Crippen LogP contribution >= 0.6 is 0 Å². The van der Waals surface area contributed by atoms with E-state index in [9.17, 15) is 18.3 Å². The quantitative estimate of drug-likeness (QED) is 0.735. The van der Waals surface area contributed by atoms with Gasteiger partial charge in [-0.05, 0) is 27.2 Å². The van der Waals surface area contributed by atoms with Crippen LogP contribution < -0.4 is 0 Å². The van der Waals surface area contributed by atoms with E-state index in [-0.39, 0.29) is 6.54 Å². The zero-order chi connectivity index (χ0) is 12.8. The standard InChI is InChI=1S/C10H19NO4S/c1-9(2,16(4,14)15)8(12)11-6-5-10(3,13)7-11/h13H,5-7H2,1-4H3. The first kappa shape index (κ1) is 13.4. The molecule has 6 heteroatoms. The smallest absolute Gasteiger partial charge is 0.243 e. The normalized spacial score (nSPS) is 27.2. The van der Waals surface area contributed by atoms with Gasteiger partial charge in [0.25, 0.3) is 0 Å². The van der Waals surface area contributed by atoms with Crippen molar-refractivity contribution in [2.45, 2.75) is 37.5 Å². The molecule has 1 rings (SSSR count). The summed E-state index contributed by atoms with van der Waals surface area (Å²) in [7, 11) is -3.45. The van der Waals surface area contributed by atoms with Crippen molar-refractivity contribution < 1.29 is 18.3 Å². The zero-order valence-corrected chi connectivity index (χ0v) is 11.0. The number of amides is 1. The van der Waals surface area contributed by atoms with Crippen LogP contribution in [0.2, 0.25) is 0 Å². The number of carbonyl (C=O) groups is 1. The fourth-order valence-electron chi connectivity index (χ4n) is 1.66. The van der Waals surface area contributed by atoms with Gasteiger partial charge < -0.3 is 10.0 Å². The number of rotatable bonds is 2. The number of sulfone groups is 1. The minimum atomic E-state index is -3.45. The Morgan fingerprint density at radius 3 is 2.25 bits per heavy atom. The van der Waals surface area contributed by atoms with E-state index < -0.39 is 26.1 Å². The lowest BCUT2D eigenvalue weighted by molar-refractivity contribution is -0.133. The van der Waals surface area contributed by atoms with Crippen molar-refractivity contribution in [3.63, 3.8) is 0 Å². The molecule has 0 radical (unpaired) electrons. The third-order valence-electron chi connectivity index (χ3n) is 3.18. The summed E-state index contributed by atoms with van der Waals surface area (Å²) in [5.41, 5.74) is -0.900. The summed E-state index contributed by atoms with van der Waals surface area (Å²) in [6.45, 7) is 5.05. The highest BCUT2D eigenvalue weighted by Crippen LogP contribution is 2.26. The maximum absolute atomic E-state index is 12.0. The molecule has 1 saturated heterocycles. The summed E-state index contributed by atoms with van der Waals surface area (Å²) in [5, 5.41) is 9.74. The van der Waals surface area contributed by atoms with Crippen molar-refractivity contribution >= 4 is 15.7 Å². The highest BCUT2D eigenvalue weighted by Gasteiger charge is 2.45. The van der Waals surface area contributed by atoms with Gasteiger partial charge in [-0.2, -0.15) is 0 Å². The number of aliphatic hydroxyl groups is 1. The molecular weight excluding hydrogens is 230 g/mol. The molecule has 1 atom stereocenters. The van der Waals surface area contributed by atoms with E-state index in [1.165, 1.54) is 18.7 Å². The van der Waals surface area contributed by atoms with Gasteiger partial charge in [-0.3, -0.25) is 4.79 Å². The van der Waals surface area contributed by atoms with Crippen molar-refractivity contribution in [2.75, 3.05) is 19.3 Å². The molecule has 0 aromatic carbocycles. The lowest BCUT2D eigenvalue weighted by Crippen LogP contribution is -2.49. The molecule has 1 N–H and O–H groups in total. The van der Waals surface area contributed by atoms with Crippen molar-refractivity contribution in [2.24, 2.45) is 0 Å². The van der Waals surface area contributed by atoms with E-state index in [4.69, 9.17) is 0 Å². The predicted molar refractivity (Wildman–Crippen MR) is 60.7 cm³/mol. The lowest BCUT2D eigenvalue weighted by Gasteiger charge is -2.28. The highest BCUT2D eigenvalue weighted by atomic mass is 32.2. The Morgan fingerprint density at radius 1 is 1.44 bits per heavy atom. The Bertz CT molecular complexity index is 397. The van der Waals surface area contributed by atoms with Crippen LogP contribution in [0.25, 0.3) is 0 Å². The van der Waals surface area contributed by atoms with Gasteiger partial charge in [0, 0.05) is 19.3 Å². The number of likely N-dealkylation sites (tertiary alicyclic amines) is 1. The molecule has 94 valence electrons. The molecule has 1 unspecified atom stereocenters. The first-order valence-electron chi connectivity index (χ1n) is 5.19. The molecule has 1 aliphatic rings. The maximum atomic E-state index is 12.0. The molecule has 0 aromatic heterocycles. The fourth-order valence-corrected chi connectivity index (χ4v) is 2.10. The van der Waals surface area contributed by atoms with Gasteiger partial charge in [0.2, 0.25) is 5.91 Å². The zero-order valence-electron chi connectivity index (χ0n) is 10.1. The Hall–Kier alpha value is -0.620. The maximum Gasteiger partial charge on any atom is 0.243 e. The minimum Gasteiger partial charge on any atom is -0.388 e. The average molecular weight is 249 g/mol. The average Bonchev–Trinajstić information content (AvgIpc) is 2.42. The SMILES string of the molecule is CC1(O)CCN(C(=O)C(C)(C)S(C)(=O)=O)C1.